The molecule has 0 spiro atoms. The van der Waals surface area contributed by atoms with Crippen molar-refractivity contribution in [2.75, 3.05) is 5.73 Å². The van der Waals surface area contributed by atoms with E-state index in [9.17, 15) is 10.1 Å². The Morgan fingerprint density at radius 3 is 2.38 bits per heavy atom. The van der Waals surface area contributed by atoms with E-state index < -0.39 is 4.92 Å². The Morgan fingerprint density at radius 1 is 1.19 bits per heavy atom. The molecule has 2 N–H and O–H groups in total. The van der Waals surface area contributed by atoms with Crippen LogP contribution in [0.1, 0.15) is 52.7 Å². The van der Waals surface area contributed by atoms with Crippen LogP contribution in [0.5, 0.6) is 0 Å². The normalized spacial score (nSPS) is 12.0. The average molecular weight is 358 g/mol. The quantitative estimate of drug-likeness (QED) is 0.314. The summed E-state index contributed by atoms with van der Waals surface area (Å²) >= 11 is 0. The van der Waals surface area contributed by atoms with Crippen LogP contribution < -0.4 is 5.73 Å². The third kappa shape index (κ3) is 4.65. The van der Waals surface area contributed by atoms with E-state index >= 15 is 0 Å². The zero-order chi connectivity index (χ0) is 19.3. The number of nitro benzene ring substituents is 1. The Kier molecular flexibility index (Phi) is 6.07. The molecule has 1 aromatic heterocycles. The molecule has 0 unspecified atom stereocenters. The number of aromatic nitrogens is 2. The average Bonchev–Trinajstić information content (AvgIpc) is 2.90. The van der Waals surface area contributed by atoms with Gasteiger partial charge in [0, 0.05) is 24.1 Å². The van der Waals surface area contributed by atoms with Crippen molar-refractivity contribution in [3.63, 3.8) is 0 Å². The molecule has 0 bridgehead atoms. The number of benzene rings is 1. The summed E-state index contributed by atoms with van der Waals surface area (Å²) in [6.07, 6.45) is 3.24. The van der Waals surface area contributed by atoms with E-state index in [1.54, 1.807) is 16.8 Å². The lowest BCUT2D eigenvalue weighted by atomic mass is 9.91. The minimum Gasteiger partial charge on any atom is -0.382 e. The Hall–Kier alpha value is -2.77. The van der Waals surface area contributed by atoms with Gasteiger partial charge in [-0.25, -0.2) is 4.68 Å². The first-order valence-corrected chi connectivity index (χ1v) is 8.77. The highest BCUT2D eigenvalue weighted by Gasteiger charge is 2.26. The molecule has 0 saturated heterocycles. The Labute approximate surface area is 153 Å². The van der Waals surface area contributed by atoms with Gasteiger partial charge in [-0.2, -0.15) is 10.2 Å². The molecule has 2 rings (SSSR count). The molecule has 0 atom stereocenters. The largest absolute Gasteiger partial charge is 0.382 e. The molecule has 0 saturated carbocycles. The third-order valence-electron chi connectivity index (χ3n) is 3.98. The number of hydrogen-bond donors (Lipinski definition) is 1. The number of nitrogens with zero attached hydrogens (tertiary/aromatic N) is 5. The minimum atomic E-state index is -0.447. The number of rotatable bonds is 7. The molecule has 0 aliphatic carbocycles. The highest BCUT2D eigenvalue weighted by atomic mass is 16.6. The molecule has 140 valence electrons. The number of unbranched alkanes of at least 4 members (excludes halogenated alkanes) is 2. The Balaban J connectivity index is 2.32. The van der Waals surface area contributed by atoms with Gasteiger partial charge in [0.05, 0.1) is 16.3 Å². The van der Waals surface area contributed by atoms with E-state index in [-0.39, 0.29) is 11.1 Å². The van der Waals surface area contributed by atoms with E-state index in [1.807, 2.05) is 0 Å². The fourth-order valence-corrected chi connectivity index (χ4v) is 2.50. The first-order chi connectivity index (χ1) is 12.2. The molecule has 0 amide bonds. The Morgan fingerprint density at radius 2 is 1.85 bits per heavy atom. The molecule has 8 heteroatoms. The lowest BCUT2D eigenvalue weighted by Crippen LogP contribution is -2.13. The number of nitrogen functional groups attached to an aromatic ring is 1. The SMILES string of the molecule is CCCCCn1nc(C(C)(C)C)c(N=Nc2ccc([N+](=O)[O-])cc2)c1N. The summed E-state index contributed by atoms with van der Waals surface area (Å²) in [5.74, 6) is 0.497. The zero-order valence-corrected chi connectivity index (χ0v) is 15.8. The van der Waals surface area contributed by atoms with Gasteiger partial charge in [0.15, 0.2) is 5.69 Å². The Bertz CT molecular complexity index is 787. The molecular weight excluding hydrogens is 332 g/mol. The molecule has 8 nitrogen and oxygen atoms in total. The summed E-state index contributed by atoms with van der Waals surface area (Å²) < 4.78 is 1.79. The lowest BCUT2D eigenvalue weighted by molar-refractivity contribution is -0.384. The van der Waals surface area contributed by atoms with Gasteiger partial charge in [-0.05, 0) is 18.6 Å². The zero-order valence-electron chi connectivity index (χ0n) is 15.8. The number of nitrogens with two attached hydrogens (primary N) is 1. The van der Waals surface area contributed by atoms with Gasteiger partial charge >= 0.3 is 0 Å². The van der Waals surface area contributed by atoms with Crippen molar-refractivity contribution < 1.29 is 4.92 Å². The molecule has 2 aromatic rings. The smallest absolute Gasteiger partial charge is 0.269 e. The maximum atomic E-state index is 10.7. The van der Waals surface area contributed by atoms with Crippen LogP contribution in [0.2, 0.25) is 0 Å². The maximum absolute atomic E-state index is 10.7. The fraction of sp³-hybridized carbons (Fsp3) is 0.500. The lowest BCUT2D eigenvalue weighted by Gasteiger charge is -2.15. The third-order valence-corrected chi connectivity index (χ3v) is 3.98. The molecule has 26 heavy (non-hydrogen) atoms. The van der Waals surface area contributed by atoms with Gasteiger partial charge in [-0.15, -0.1) is 5.11 Å². The summed E-state index contributed by atoms with van der Waals surface area (Å²) in [6.45, 7) is 9.05. The summed E-state index contributed by atoms with van der Waals surface area (Å²) in [7, 11) is 0. The van der Waals surface area contributed by atoms with E-state index in [0.29, 0.717) is 17.2 Å². The predicted molar refractivity (Wildman–Crippen MR) is 102 cm³/mol. The van der Waals surface area contributed by atoms with Crippen molar-refractivity contribution >= 4 is 22.9 Å². The summed E-state index contributed by atoms with van der Waals surface area (Å²) in [5, 5.41) is 23.9. The van der Waals surface area contributed by atoms with Crippen molar-refractivity contribution in [2.45, 2.75) is 58.9 Å². The molecule has 0 aliphatic rings. The highest BCUT2D eigenvalue weighted by molar-refractivity contribution is 5.63. The van der Waals surface area contributed by atoms with E-state index in [1.165, 1.54) is 12.1 Å². The molecule has 0 aliphatic heterocycles. The van der Waals surface area contributed by atoms with Crippen LogP contribution in [0.15, 0.2) is 34.5 Å². The first kappa shape index (κ1) is 19.6. The van der Waals surface area contributed by atoms with Gasteiger partial charge in [0.25, 0.3) is 5.69 Å². The summed E-state index contributed by atoms with van der Waals surface area (Å²) in [4.78, 5) is 10.3. The second kappa shape index (κ2) is 8.07. The number of non-ortho nitro benzene ring substituents is 1. The van der Waals surface area contributed by atoms with Crippen LogP contribution in [0.25, 0.3) is 0 Å². The van der Waals surface area contributed by atoms with Gasteiger partial charge in [0.1, 0.15) is 5.82 Å². The molecule has 0 fully saturated rings. The molecule has 1 heterocycles. The second-order valence-corrected chi connectivity index (χ2v) is 7.24. The van der Waals surface area contributed by atoms with Crippen LogP contribution in [-0.2, 0) is 12.0 Å². The monoisotopic (exact) mass is 358 g/mol. The summed E-state index contributed by atoms with van der Waals surface area (Å²) in [6, 6.07) is 5.91. The van der Waals surface area contributed by atoms with Gasteiger partial charge in [0.2, 0.25) is 0 Å². The number of aryl methyl sites for hydroxylation is 1. The maximum Gasteiger partial charge on any atom is 0.269 e. The van der Waals surface area contributed by atoms with E-state index in [2.05, 4.69) is 43.0 Å². The van der Waals surface area contributed by atoms with Crippen molar-refractivity contribution in [3.8, 4) is 0 Å². The van der Waals surface area contributed by atoms with Gasteiger partial charge < -0.3 is 5.73 Å². The number of hydrogen-bond acceptors (Lipinski definition) is 6. The predicted octanol–water partition coefficient (Wildman–Crippen LogP) is 5.28. The number of azo groups is 1. The highest BCUT2D eigenvalue weighted by Crippen LogP contribution is 2.36. The van der Waals surface area contributed by atoms with Gasteiger partial charge in [-0.3, -0.25) is 10.1 Å². The molecule has 0 radical (unpaired) electrons. The summed E-state index contributed by atoms with van der Waals surface area (Å²) in [5.41, 5.74) is 7.93. The number of anilines is 1. The van der Waals surface area contributed by atoms with Gasteiger partial charge in [-0.1, -0.05) is 40.5 Å². The van der Waals surface area contributed by atoms with E-state index in [0.717, 1.165) is 31.5 Å². The molecule has 1 aromatic carbocycles. The first-order valence-electron chi connectivity index (χ1n) is 8.77. The van der Waals surface area contributed by atoms with Crippen LogP contribution in [0.3, 0.4) is 0 Å². The number of nitro groups is 1. The topological polar surface area (TPSA) is 112 Å². The van der Waals surface area contributed by atoms with Crippen molar-refractivity contribution in [2.24, 2.45) is 10.2 Å². The molecular formula is C18H26N6O2. The van der Waals surface area contributed by atoms with E-state index in [4.69, 9.17) is 5.73 Å². The van der Waals surface area contributed by atoms with Crippen LogP contribution in [0.4, 0.5) is 22.9 Å². The second-order valence-electron chi connectivity index (χ2n) is 7.24. The minimum absolute atomic E-state index is 0.0163. The fourth-order valence-electron chi connectivity index (χ4n) is 2.50. The standard InChI is InChI=1S/C18H26N6O2/c1-5-6-7-12-23-17(19)15(16(22-23)18(2,3)4)21-20-13-8-10-14(11-9-13)24(25)26/h8-11H,5-7,12,19H2,1-4H3. The van der Waals surface area contributed by atoms with Crippen molar-refractivity contribution in [3.05, 3.63) is 40.1 Å². The van der Waals surface area contributed by atoms with Crippen LogP contribution in [-0.4, -0.2) is 14.7 Å². The van der Waals surface area contributed by atoms with Crippen molar-refractivity contribution in [1.82, 2.24) is 9.78 Å². The van der Waals surface area contributed by atoms with Crippen LogP contribution >= 0.6 is 0 Å². The van der Waals surface area contributed by atoms with Crippen molar-refractivity contribution in [1.29, 1.82) is 0 Å². The van der Waals surface area contributed by atoms with Crippen LogP contribution in [0, 0.1) is 10.1 Å².